The van der Waals surface area contributed by atoms with Crippen LogP contribution in [-0.4, -0.2) is 77.7 Å². The van der Waals surface area contributed by atoms with E-state index in [0.29, 0.717) is 32.2 Å². The monoisotopic (exact) mass is 609 g/mol. The second kappa shape index (κ2) is 14.5. The minimum Gasteiger partial charge on any atom is -0.343 e. The molecule has 3 N–H and O–H groups in total. The van der Waals surface area contributed by atoms with Crippen molar-refractivity contribution in [1.29, 1.82) is 0 Å². The number of aryl methyl sites for hydroxylation is 1. The number of likely N-dealkylation sites (N-methyl/N-ethyl adjacent to an activating group) is 1. The van der Waals surface area contributed by atoms with Crippen LogP contribution in [0.15, 0.2) is 91.0 Å². The van der Waals surface area contributed by atoms with Gasteiger partial charge in [0, 0.05) is 26.1 Å². The first-order valence-corrected chi connectivity index (χ1v) is 15.8. The molecule has 9 nitrogen and oxygen atoms in total. The van der Waals surface area contributed by atoms with Gasteiger partial charge in [0.25, 0.3) is 0 Å². The summed E-state index contributed by atoms with van der Waals surface area (Å²) >= 11 is 0. The van der Waals surface area contributed by atoms with Gasteiger partial charge >= 0.3 is 0 Å². The first-order valence-electron chi connectivity index (χ1n) is 15.8. The molecule has 4 amide bonds. The minimum atomic E-state index is -1.16. The van der Waals surface area contributed by atoms with Crippen molar-refractivity contribution >= 4 is 23.6 Å². The van der Waals surface area contributed by atoms with Gasteiger partial charge in [0.05, 0.1) is 12.1 Å². The summed E-state index contributed by atoms with van der Waals surface area (Å²) in [4.78, 5) is 58.8. The number of carbonyl (C=O) groups excluding carboxylic acids is 4. The quantitative estimate of drug-likeness (QED) is 0.327. The zero-order chi connectivity index (χ0) is 31.8. The van der Waals surface area contributed by atoms with E-state index in [2.05, 4.69) is 16.0 Å². The third kappa shape index (κ3) is 7.26. The summed E-state index contributed by atoms with van der Waals surface area (Å²) in [6.45, 7) is 2.50. The van der Waals surface area contributed by atoms with Crippen LogP contribution in [-0.2, 0) is 25.6 Å². The van der Waals surface area contributed by atoms with Crippen LogP contribution in [0.4, 0.5) is 0 Å². The fourth-order valence-corrected chi connectivity index (χ4v) is 6.50. The van der Waals surface area contributed by atoms with E-state index in [1.165, 1.54) is 0 Å². The van der Waals surface area contributed by atoms with Crippen LogP contribution in [0.5, 0.6) is 0 Å². The molecule has 3 aromatic rings. The lowest BCUT2D eigenvalue weighted by Crippen LogP contribution is -2.66. The zero-order valence-electron chi connectivity index (χ0n) is 26.1. The number of fused-ring (bicyclic) bond motifs is 1. The molecule has 2 saturated heterocycles. The average Bonchev–Trinajstić information content (AvgIpc) is 3.51. The molecular weight excluding hydrogens is 566 g/mol. The summed E-state index contributed by atoms with van der Waals surface area (Å²) in [7, 11) is 1.71. The van der Waals surface area contributed by atoms with Gasteiger partial charge in [-0.1, -0.05) is 91.0 Å². The van der Waals surface area contributed by atoms with Gasteiger partial charge in [0.15, 0.2) is 0 Å². The number of carbonyl (C=O) groups is 4. The van der Waals surface area contributed by atoms with E-state index in [0.717, 1.165) is 16.7 Å². The molecule has 0 spiro atoms. The van der Waals surface area contributed by atoms with Gasteiger partial charge in [-0.05, 0) is 56.3 Å². The van der Waals surface area contributed by atoms with Crippen LogP contribution in [0.25, 0.3) is 0 Å². The van der Waals surface area contributed by atoms with Crippen LogP contribution in [0.1, 0.15) is 55.3 Å². The molecule has 0 radical (unpaired) electrons. The summed E-state index contributed by atoms with van der Waals surface area (Å²) in [6, 6.07) is 27.4. The van der Waals surface area contributed by atoms with Gasteiger partial charge in [0.2, 0.25) is 23.6 Å². The van der Waals surface area contributed by atoms with E-state index in [9.17, 15) is 19.2 Å². The van der Waals surface area contributed by atoms with Gasteiger partial charge in [-0.15, -0.1) is 0 Å². The number of amides is 4. The van der Waals surface area contributed by atoms with Crippen LogP contribution < -0.4 is 16.0 Å². The van der Waals surface area contributed by atoms with Crippen molar-refractivity contribution in [2.45, 2.75) is 62.7 Å². The summed E-state index contributed by atoms with van der Waals surface area (Å²) in [6.07, 6.45) is 2.16. The largest absolute Gasteiger partial charge is 0.343 e. The van der Waals surface area contributed by atoms with E-state index in [1.54, 1.807) is 23.8 Å². The highest BCUT2D eigenvalue weighted by molar-refractivity contribution is 5.96. The highest BCUT2D eigenvalue weighted by Crippen LogP contribution is 2.36. The molecular formula is C36H43N5O4. The molecule has 45 heavy (non-hydrogen) atoms. The second-order valence-corrected chi connectivity index (χ2v) is 12.0. The fourth-order valence-electron chi connectivity index (χ4n) is 6.50. The van der Waals surface area contributed by atoms with Gasteiger partial charge in [-0.2, -0.15) is 0 Å². The Bertz CT molecular complexity index is 1430. The number of rotatable bonds is 10. The molecule has 1 unspecified atom stereocenters. The summed E-state index contributed by atoms with van der Waals surface area (Å²) < 4.78 is 0. The first kappa shape index (κ1) is 31.9. The standard InChI is InChI=1S/C36H43N5O4/c1-26(37-2)33(43)40-24-22-36(35(45)39-32(28-15-8-4-9-16-28)29-17-10-5-11-18-29)21-12-23-41(36)34(44)30(25-40)38-31(42)20-19-27-13-6-3-7-14-27/h3-11,13-18,26,30,32,37H,12,19-25H2,1-2H3,(H,38,42)(H,39,45)/t26-,30?,36+/m1/s1. The molecule has 2 heterocycles. The second-order valence-electron chi connectivity index (χ2n) is 12.0. The Morgan fingerprint density at radius 1 is 0.867 bits per heavy atom. The van der Waals surface area contributed by atoms with Crippen LogP contribution in [0.3, 0.4) is 0 Å². The smallest absolute Gasteiger partial charge is 0.247 e. The molecule has 0 aromatic heterocycles. The van der Waals surface area contributed by atoms with Crippen molar-refractivity contribution in [2.75, 3.05) is 26.7 Å². The maximum absolute atomic E-state index is 14.5. The molecule has 0 saturated carbocycles. The third-order valence-corrected chi connectivity index (χ3v) is 9.15. The van der Waals surface area contributed by atoms with E-state index >= 15 is 0 Å². The van der Waals surface area contributed by atoms with Crippen molar-refractivity contribution in [3.63, 3.8) is 0 Å². The topological polar surface area (TPSA) is 111 Å². The molecule has 2 fully saturated rings. The van der Waals surface area contributed by atoms with Gasteiger partial charge in [-0.3, -0.25) is 19.2 Å². The van der Waals surface area contributed by atoms with Gasteiger partial charge < -0.3 is 25.8 Å². The Labute approximate surface area is 265 Å². The maximum Gasteiger partial charge on any atom is 0.247 e. The Kier molecular flexibility index (Phi) is 10.3. The Morgan fingerprint density at radius 3 is 2.07 bits per heavy atom. The first-order chi connectivity index (χ1) is 21.8. The van der Waals surface area contributed by atoms with Gasteiger partial charge in [-0.25, -0.2) is 0 Å². The van der Waals surface area contributed by atoms with Gasteiger partial charge in [0.1, 0.15) is 11.6 Å². The lowest BCUT2D eigenvalue weighted by molar-refractivity contribution is -0.152. The highest BCUT2D eigenvalue weighted by atomic mass is 16.2. The number of benzene rings is 3. The van der Waals surface area contributed by atoms with Crippen LogP contribution in [0.2, 0.25) is 0 Å². The zero-order valence-corrected chi connectivity index (χ0v) is 26.1. The molecule has 2 aliphatic heterocycles. The van der Waals surface area contributed by atoms with E-state index in [1.807, 2.05) is 91.0 Å². The van der Waals surface area contributed by atoms with Crippen molar-refractivity contribution in [3.05, 3.63) is 108 Å². The average molecular weight is 610 g/mol. The molecule has 236 valence electrons. The summed E-state index contributed by atoms with van der Waals surface area (Å²) in [5, 5.41) is 9.21. The van der Waals surface area contributed by atoms with Crippen LogP contribution >= 0.6 is 0 Å². The van der Waals surface area contributed by atoms with Crippen molar-refractivity contribution in [2.24, 2.45) is 0 Å². The summed E-state index contributed by atoms with van der Waals surface area (Å²) in [5.74, 6) is -1.03. The predicted octanol–water partition coefficient (Wildman–Crippen LogP) is 3.21. The lowest BCUT2D eigenvalue weighted by atomic mass is 9.87. The molecule has 0 aliphatic carbocycles. The number of hydrogen-bond donors (Lipinski definition) is 3. The Hall–Kier alpha value is -4.50. The lowest BCUT2D eigenvalue weighted by Gasteiger charge is -2.44. The van der Waals surface area contributed by atoms with Crippen molar-refractivity contribution in [3.8, 4) is 0 Å². The number of nitrogens with one attached hydrogen (secondary N) is 3. The normalized spacial score (nSPS) is 20.6. The van der Waals surface area contributed by atoms with Crippen molar-refractivity contribution in [1.82, 2.24) is 25.8 Å². The van der Waals surface area contributed by atoms with E-state index < -0.39 is 23.7 Å². The SMILES string of the molecule is CN[C@H](C)C(=O)N1CC[C@]2(C(=O)NC(c3ccccc3)c3ccccc3)CCCN2C(=O)C(NC(=O)CCc2ccccc2)C1. The number of hydrogen-bond acceptors (Lipinski definition) is 5. The van der Waals surface area contributed by atoms with E-state index in [4.69, 9.17) is 0 Å². The van der Waals surface area contributed by atoms with E-state index in [-0.39, 0.29) is 43.1 Å². The summed E-state index contributed by atoms with van der Waals surface area (Å²) in [5.41, 5.74) is 1.72. The molecule has 9 heteroatoms. The number of nitrogens with zero attached hydrogens (tertiary/aromatic N) is 2. The predicted molar refractivity (Wildman–Crippen MR) is 173 cm³/mol. The Morgan fingerprint density at radius 2 is 1.47 bits per heavy atom. The van der Waals surface area contributed by atoms with Crippen molar-refractivity contribution < 1.29 is 19.2 Å². The molecule has 5 rings (SSSR count). The maximum atomic E-state index is 14.5. The highest BCUT2D eigenvalue weighted by Gasteiger charge is 2.53. The Balaban J connectivity index is 1.43. The molecule has 0 bridgehead atoms. The minimum absolute atomic E-state index is 0.0472. The molecule has 2 aliphatic rings. The fraction of sp³-hybridized carbons (Fsp3) is 0.389. The van der Waals surface area contributed by atoms with Crippen LogP contribution in [0, 0.1) is 0 Å². The molecule has 3 aromatic carbocycles. The molecule has 3 atom stereocenters. The third-order valence-electron chi connectivity index (χ3n) is 9.15.